The highest BCUT2D eigenvalue weighted by Crippen LogP contribution is 2.35. The highest BCUT2D eigenvalue weighted by molar-refractivity contribution is 5.81. The Morgan fingerprint density at radius 3 is 2.79 bits per heavy atom. The van der Waals surface area contributed by atoms with Gasteiger partial charge in [0.25, 0.3) is 0 Å². The quantitative estimate of drug-likeness (QED) is 0.554. The summed E-state index contributed by atoms with van der Waals surface area (Å²) in [5, 5.41) is 12.1. The van der Waals surface area contributed by atoms with Crippen molar-refractivity contribution in [3.63, 3.8) is 0 Å². The molecular formula is C28H28N2O4. The monoisotopic (exact) mass is 456 g/mol. The molecule has 1 amide bonds. The Morgan fingerprint density at radius 1 is 1.12 bits per heavy atom. The van der Waals surface area contributed by atoms with Crippen molar-refractivity contribution in [3.8, 4) is 5.75 Å². The molecule has 0 fully saturated rings. The Morgan fingerprint density at radius 2 is 1.97 bits per heavy atom. The molecule has 2 N–H and O–H groups in total. The molecule has 4 rings (SSSR count). The molecule has 6 heteroatoms. The molecule has 1 aliphatic carbocycles. The first-order chi connectivity index (χ1) is 16.6. The molecule has 0 saturated carbocycles. The van der Waals surface area contributed by atoms with Gasteiger partial charge in [-0.1, -0.05) is 60.7 Å². The van der Waals surface area contributed by atoms with Crippen molar-refractivity contribution in [1.82, 2.24) is 5.32 Å². The van der Waals surface area contributed by atoms with E-state index in [2.05, 4.69) is 16.4 Å². The summed E-state index contributed by atoms with van der Waals surface area (Å²) in [6.07, 6.45) is 13.2. The van der Waals surface area contributed by atoms with Gasteiger partial charge in [-0.25, -0.2) is 4.79 Å². The SMILES string of the molecule is O=C(O)COc1cccc2c1CCC=C2CCC(=O)NC(C1=CN=CCC=C1)c1ccccc1. The largest absolute Gasteiger partial charge is 0.482 e. The van der Waals surface area contributed by atoms with Gasteiger partial charge in [0.2, 0.25) is 5.91 Å². The summed E-state index contributed by atoms with van der Waals surface area (Å²) in [5.74, 6) is -0.437. The van der Waals surface area contributed by atoms with Gasteiger partial charge in [-0.3, -0.25) is 9.79 Å². The second kappa shape index (κ2) is 11.3. The molecule has 174 valence electrons. The average molecular weight is 457 g/mol. The molecule has 2 aliphatic rings. The van der Waals surface area contributed by atoms with Gasteiger partial charge in [-0.05, 0) is 47.6 Å². The van der Waals surface area contributed by atoms with Crippen LogP contribution in [-0.4, -0.2) is 29.8 Å². The zero-order valence-electron chi connectivity index (χ0n) is 18.9. The topological polar surface area (TPSA) is 88.0 Å². The zero-order valence-corrected chi connectivity index (χ0v) is 18.9. The fourth-order valence-corrected chi connectivity index (χ4v) is 4.30. The van der Waals surface area contributed by atoms with Crippen LogP contribution in [0.4, 0.5) is 0 Å². The lowest BCUT2D eigenvalue weighted by molar-refractivity contribution is -0.139. The lowest BCUT2D eigenvalue weighted by Crippen LogP contribution is -2.29. The van der Waals surface area contributed by atoms with Crippen molar-refractivity contribution >= 4 is 23.7 Å². The maximum absolute atomic E-state index is 13.0. The standard InChI is InChI=1S/C28H28N2O4/c31-26(30-28(21-8-2-1-3-9-21)22-10-4-5-17-29-18-22)16-15-20-11-6-13-24-23(20)12-7-14-25(24)34-19-27(32)33/h1-4,7-12,14,17-18,28H,5-6,13,15-16,19H2,(H,30,31)(H,32,33). The van der Waals surface area contributed by atoms with E-state index in [0.717, 1.165) is 47.1 Å². The van der Waals surface area contributed by atoms with Gasteiger partial charge in [0.15, 0.2) is 6.61 Å². The molecule has 1 unspecified atom stereocenters. The van der Waals surface area contributed by atoms with Crippen LogP contribution in [0.2, 0.25) is 0 Å². The summed E-state index contributed by atoms with van der Waals surface area (Å²) < 4.78 is 5.49. The molecule has 0 saturated heterocycles. The number of hydrogen-bond donors (Lipinski definition) is 2. The van der Waals surface area contributed by atoms with Gasteiger partial charge in [0, 0.05) is 30.8 Å². The number of carboxylic acid groups (broad SMARTS) is 1. The lowest BCUT2D eigenvalue weighted by Gasteiger charge is -2.22. The van der Waals surface area contributed by atoms with Crippen LogP contribution in [0.1, 0.15) is 48.4 Å². The van der Waals surface area contributed by atoms with Crippen molar-refractivity contribution in [1.29, 1.82) is 0 Å². The zero-order chi connectivity index (χ0) is 23.8. The van der Waals surface area contributed by atoms with E-state index in [-0.39, 0.29) is 18.6 Å². The van der Waals surface area contributed by atoms with Gasteiger partial charge in [0.1, 0.15) is 5.75 Å². The number of allylic oxidation sites excluding steroid dienone is 3. The van der Waals surface area contributed by atoms with E-state index in [0.29, 0.717) is 18.6 Å². The number of amides is 1. The van der Waals surface area contributed by atoms with Crippen LogP contribution in [-0.2, 0) is 16.0 Å². The summed E-state index contributed by atoms with van der Waals surface area (Å²) in [4.78, 5) is 28.3. The number of carboxylic acids is 1. The molecule has 2 aromatic rings. The predicted molar refractivity (Wildman–Crippen MR) is 133 cm³/mol. The number of benzene rings is 2. The van der Waals surface area contributed by atoms with E-state index in [4.69, 9.17) is 9.84 Å². The van der Waals surface area contributed by atoms with Gasteiger partial charge in [-0.2, -0.15) is 0 Å². The molecule has 6 nitrogen and oxygen atoms in total. The number of carbonyl (C=O) groups excluding carboxylic acids is 1. The first kappa shape index (κ1) is 23.2. The van der Waals surface area contributed by atoms with Crippen molar-refractivity contribution in [2.45, 2.75) is 38.1 Å². The maximum Gasteiger partial charge on any atom is 0.341 e. The van der Waals surface area contributed by atoms with Crippen LogP contribution in [0.3, 0.4) is 0 Å². The van der Waals surface area contributed by atoms with Gasteiger partial charge >= 0.3 is 5.97 Å². The molecule has 0 radical (unpaired) electrons. The third kappa shape index (κ3) is 5.90. The van der Waals surface area contributed by atoms with E-state index < -0.39 is 5.97 Å². The molecular weight excluding hydrogens is 428 g/mol. The summed E-state index contributed by atoms with van der Waals surface area (Å²) in [6, 6.07) is 15.3. The van der Waals surface area contributed by atoms with E-state index >= 15 is 0 Å². The van der Waals surface area contributed by atoms with E-state index in [1.165, 1.54) is 0 Å². The van der Waals surface area contributed by atoms with E-state index in [1.807, 2.05) is 60.8 Å². The third-order valence-corrected chi connectivity index (χ3v) is 5.89. The first-order valence-electron chi connectivity index (χ1n) is 11.5. The fraction of sp³-hybridized carbons (Fsp3) is 0.250. The Kier molecular flexibility index (Phi) is 7.71. The van der Waals surface area contributed by atoms with Crippen LogP contribution in [0.15, 0.2) is 83.5 Å². The van der Waals surface area contributed by atoms with Gasteiger partial charge < -0.3 is 15.2 Å². The second-order valence-electron chi connectivity index (χ2n) is 8.24. The summed E-state index contributed by atoms with van der Waals surface area (Å²) in [5.41, 5.74) is 5.08. The number of hydrogen-bond acceptors (Lipinski definition) is 4. The molecule has 0 spiro atoms. The average Bonchev–Trinajstić information content (AvgIpc) is 3.14. The van der Waals surface area contributed by atoms with Gasteiger partial charge in [-0.15, -0.1) is 0 Å². The van der Waals surface area contributed by atoms with Crippen LogP contribution >= 0.6 is 0 Å². The smallest absolute Gasteiger partial charge is 0.341 e. The number of aliphatic imine (C=N–C) groups is 1. The number of carbonyl (C=O) groups is 2. The third-order valence-electron chi connectivity index (χ3n) is 5.89. The van der Waals surface area contributed by atoms with Crippen molar-refractivity contribution in [2.75, 3.05) is 6.61 Å². The maximum atomic E-state index is 13.0. The van der Waals surface area contributed by atoms with Crippen molar-refractivity contribution < 1.29 is 19.4 Å². The molecule has 1 heterocycles. The van der Waals surface area contributed by atoms with Crippen LogP contribution < -0.4 is 10.1 Å². The Hall–Kier alpha value is -3.93. The number of rotatable bonds is 9. The summed E-state index contributed by atoms with van der Waals surface area (Å²) >= 11 is 0. The van der Waals surface area contributed by atoms with Crippen LogP contribution in [0.25, 0.3) is 5.57 Å². The Labute approximate surface area is 199 Å². The van der Waals surface area contributed by atoms with Crippen LogP contribution in [0.5, 0.6) is 5.75 Å². The molecule has 0 bridgehead atoms. The van der Waals surface area contributed by atoms with Gasteiger partial charge in [0.05, 0.1) is 6.04 Å². The number of nitrogens with zero attached hydrogens (tertiary/aromatic N) is 1. The summed E-state index contributed by atoms with van der Waals surface area (Å²) in [7, 11) is 0. The number of ether oxygens (including phenoxy) is 1. The normalized spacial score (nSPS) is 15.4. The van der Waals surface area contributed by atoms with Crippen molar-refractivity contribution in [2.24, 2.45) is 4.99 Å². The Balaban J connectivity index is 1.46. The predicted octanol–water partition coefficient (Wildman–Crippen LogP) is 5.03. The highest BCUT2D eigenvalue weighted by atomic mass is 16.5. The van der Waals surface area contributed by atoms with Crippen molar-refractivity contribution in [3.05, 3.63) is 95.2 Å². The highest BCUT2D eigenvalue weighted by Gasteiger charge is 2.21. The minimum Gasteiger partial charge on any atom is -0.482 e. The Bertz CT molecular complexity index is 1160. The molecule has 0 aromatic heterocycles. The fourth-order valence-electron chi connectivity index (χ4n) is 4.30. The molecule has 34 heavy (non-hydrogen) atoms. The first-order valence-corrected chi connectivity index (χ1v) is 11.5. The number of nitrogens with one attached hydrogen (secondary N) is 1. The lowest BCUT2D eigenvalue weighted by atomic mass is 9.87. The number of fused-ring (bicyclic) bond motifs is 1. The number of aliphatic carboxylic acids is 1. The molecule has 1 atom stereocenters. The molecule has 2 aromatic carbocycles. The second-order valence-corrected chi connectivity index (χ2v) is 8.24. The summed E-state index contributed by atoms with van der Waals surface area (Å²) in [6.45, 7) is -0.368. The molecule has 1 aliphatic heterocycles. The van der Waals surface area contributed by atoms with E-state index in [1.54, 1.807) is 12.3 Å². The van der Waals surface area contributed by atoms with E-state index in [9.17, 15) is 9.59 Å². The minimum atomic E-state index is -1.00. The minimum absolute atomic E-state index is 0.0392. The van der Waals surface area contributed by atoms with Crippen LogP contribution in [0, 0.1) is 0 Å².